The summed E-state index contributed by atoms with van der Waals surface area (Å²) in [4.78, 5) is 26.3. The van der Waals surface area contributed by atoms with Gasteiger partial charge in [-0.25, -0.2) is 0 Å². The topological polar surface area (TPSA) is 57.6 Å². The van der Waals surface area contributed by atoms with Crippen LogP contribution in [0.4, 0.5) is 0 Å². The van der Waals surface area contributed by atoms with E-state index in [4.69, 9.17) is 0 Å². The Balaban J connectivity index is 2.38. The van der Waals surface area contributed by atoms with Crippen molar-refractivity contribution in [1.82, 2.24) is 4.90 Å². The van der Waals surface area contributed by atoms with Gasteiger partial charge < -0.3 is 10.0 Å². The highest BCUT2D eigenvalue weighted by Gasteiger charge is 2.36. The van der Waals surface area contributed by atoms with E-state index in [1.165, 1.54) is 0 Å². The molecule has 0 spiro atoms. The Hall–Kier alpha value is -1.49. The molecule has 2 unspecified atom stereocenters. The van der Waals surface area contributed by atoms with E-state index in [1.807, 2.05) is 30.5 Å². The first-order valence-electron chi connectivity index (χ1n) is 6.67. The lowest BCUT2D eigenvalue weighted by molar-refractivity contribution is -0.145. The molecule has 2 rings (SSSR count). The summed E-state index contributed by atoms with van der Waals surface area (Å²) in [6.07, 6.45) is 3.61. The second-order valence-corrected chi connectivity index (χ2v) is 5.94. The van der Waals surface area contributed by atoms with Crippen LogP contribution in [0.3, 0.4) is 0 Å². The fourth-order valence-electron chi connectivity index (χ4n) is 2.75. The molecule has 0 bridgehead atoms. The number of amides is 1. The van der Waals surface area contributed by atoms with Crippen LogP contribution in [-0.4, -0.2) is 35.2 Å². The summed E-state index contributed by atoms with van der Waals surface area (Å²) >= 11 is 1.64. The molecular weight excluding hydrogens is 274 g/mol. The lowest BCUT2D eigenvalue weighted by Gasteiger charge is -2.30. The Morgan fingerprint density at radius 2 is 2.00 bits per heavy atom. The van der Waals surface area contributed by atoms with Crippen LogP contribution in [0.25, 0.3) is 0 Å². The number of likely N-dealkylation sites (tertiary alicyclic amines) is 1. The summed E-state index contributed by atoms with van der Waals surface area (Å²) in [6, 6.07) is 7.44. The molecule has 5 heteroatoms. The van der Waals surface area contributed by atoms with Crippen molar-refractivity contribution in [2.75, 3.05) is 13.3 Å². The van der Waals surface area contributed by atoms with E-state index in [0.717, 1.165) is 10.5 Å². The van der Waals surface area contributed by atoms with Gasteiger partial charge in [-0.2, -0.15) is 0 Å². The Kier molecular flexibility index (Phi) is 4.70. The molecule has 1 aliphatic heterocycles. The van der Waals surface area contributed by atoms with E-state index < -0.39 is 11.9 Å². The smallest absolute Gasteiger partial charge is 0.308 e. The molecule has 108 valence electrons. The molecule has 4 nitrogen and oxygen atoms in total. The zero-order valence-corrected chi connectivity index (χ0v) is 12.5. The maximum absolute atomic E-state index is 12.0. The summed E-state index contributed by atoms with van der Waals surface area (Å²) in [5.74, 6) is -1.34. The molecule has 1 aliphatic rings. The second kappa shape index (κ2) is 6.31. The lowest BCUT2D eigenvalue weighted by atomic mass is 9.89. The number of aliphatic carboxylic acids is 1. The molecule has 0 saturated carbocycles. The molecule has 0 aliphatic carbocycles. The quantitative estimate of drug-likeness (QED) is 0.871. The van der Waals surface area contributed by atoms with Gasteiger partial charge in [-0.15, -0.1) is 11.8 Å². The molecule has 1 heterocycles. The molecule has 20 heavy (non-hydrogen) atoms. The SMILES string of the molecule is CSc1ccc(C2C(C(=O)O)CCCC(=O)N2C)cc1. The van der Waals surface area contributed by atoms with Gasteiger partial charge >= 0.3 is 5.97 Å². The second-order valence-electron chi connectivity index (χ2n) is 5.06. The maximum Gasteiger partial charge on any atom is 0.308 e. The van der Waals surface area contributed by atoms with Gasteiger partial charge in [0.25, 0.3) is 0 Å². The van der Waals surface area contributed by atoms with E-state index in [1.54, 1.807) is 23.7 Å². The van der Waals surface area contributed by atoms with Crippen LogP contribution in [-0.2, 0) is 9.59 Å². The van der Waals surface area contributed by atoms with Crippen molar-refractivity contribution < 1.29 is 14.7 Å². The van der Waals surface area contributed by atoms with Gasteiger partial charge in [0.1, 0.15) is 0 Å². The van der Waals surface area contributed by atoms with Gasteiger partial charge in [0, 0.05) is 18.4 Å². The van der Waals surface area contributed by atoms with Crippen LogP contribution in [0.1, 0.15) is 30.9 Å². The first-order valence-corrected chi connectivity index (χ1v) is 7.89. The first kappa shape index (κ1) is 14.9. The molecule has 0 aromatic heterocycles. The first-order chi connectivity index (χ1) is 9.54. The van der Waals surface area contributed by atoms with Crippen LogP contribution >= 0.6 is 11.8 Å². The summed E-state index contributed by atoms with van der Waals surface area (Å²) in [5.41, 5.74) is 0.896. The minimum Gasteiger partial charge on any atom is -0.481 e. The molecule has 0 radical (unpaired) electrons. The van der Waals surface area contributed by atoms with Crippen molar-refractivity contribution in [3.63, 3.8) is 0 Å². The molecule has 1 N–H and O–H groups in total. The van der Waals surface area contributed by atoms with E-state index in [0.29, 0.717) is 19.3 Å². The van der Waals surface area contributed by atoms with Gasteiger partial charge in [-0.3, -0.25) is 9.59 Å². The van der Waals surface area contributed by atoms with E-state index in [-0.39, 0.29) is 11.9 Å². The summed E-state index contributed by atoms with van der Waals surface area (Å²) in [6.45, 7) is 0. The third-order valence-corrected chi connectivity index (χ3v) is 4.62. The number of rotatable bonds is 3. The number of thioether (sulfide) groups is 1. The number of carboxylic acid groups (broad SMARTS) is 1. The van der Waals surface area contributed by atoms with Crippen LogP contribution in [0.15, 0.2) is 29.2 Å². The van der Waals surface area contributed by atoms with Gasteiger partial charge in [-0.1, -0.05) is 12.1 Å². The van der Waals surface area contributed by atoms with Crippen molar-refractivity contribution in [3.05, 3.63) is 29.8 Å². The molecular formula is C15H19NO3S. The van der Waals surface area contributed by atoms with Crippen LogP contribution in [0.5, 0.6) is 0 Å². The number of hydrogen-bond donors (Lipinski definition) is 1. The monoisotopic (exact) mass is 293 g/mol. The summed E-state index contributed by atoms with van der Waals surface area (Å²) in [7, 11) is 1.71. The van der Waals surface area contributed by atoms with Crippen LogP contribution < -0.4 is 0 Å². The van der Waals surface area contributed by atoms with E-state index in [2.05, 4.69) is 0 Å². The van der Waals surface area contributed by atoms with E-state index >= 15 is 0 Å². The third kappa shape index (κ3) is 2.98. The Labute approximate surface area is 123 Å². The molecule has 1 aromatic rings. The largest absolute Gasteiger partial charge is 0.481 e. The zero-order chi connectivity index (χ0) is 14.7. The number of carbonyl (C=O) groups is 2. The van der Waals surface area contributed by atoms with Crippen molar-refractivity contribution in [3.8, 4) is 0 Å². The Morgan fingerprint density at radius 3 is 2.55 bits per heavy atom. The lowest BCUT2D eigenvalue weighted by Crippen LogP contribution is -2.36. The number of carbonyl (C=O) groups excluding carboxylic acids is 1. The highest BCUT2D eigenvalue weighted by molar-refractivity contribution is 7.98. The molecule has 2 atom stereocenters. The summed E-state index contributed by atoms with van der Waals surface area (Å²) in [5, 5.41) is 9.46. The number of carboxylic acids is 1. The van der Waals surface area contributed by atoms with Gasteiger partial charge in [0.05, 0.1) is 12.0 Å². The Bertz CT molecular complexity index is 500. The zero-order valence-electron chi connectivity index (χ0n) is 11.7. The van der Waals surface area contributed by atoms with Gasteiger partial charge in [-0.05, 0) is 36.8 Å². The third-order valence-electron chi connectivity index (χ3n) is 3.87. The molecule has 1 saturated heterocycles. The van der Waals surface area contributed by atoms with Crippen molar-refractivity contribution in [2.45, 2.75) is 30.2 Å². The number of hydrogen-bond acceptors (Lipinski definition) is 3. The normalized spacial score (nSPS) is 23.5. The fraction of sp³-hybridized carbons (Fsp3) is 0.467. The highest BCUT2D eigenvalue weighted by Crippen LogP contribution is 2.35. The standard InChI is InChI=1S/C15H19NO3S/c1-16-13(17)5-3-4-12(15(18)19)14(16)10-6-8-11(20-2)9-7-10/h6-9,12,14H,3-5H2,1-2H3,(H,18,19). The van der Waals surface area contributed by atoms with Crippen molar-refractivity contribution in [1.29, 1.82) is 0 Å². The van der Waals surface area contributed by atoms with Crippen molar-refractivity contribution >= 4 is 23.6 Å². The highest BCUT2D eigenvalue weighted by atomic mass is 32.2. The molecule has 1 fully saturated rings. The van der Waals surface area contributed by atoms with Gasteiger partial charge in [0.2, 0.25) is 5.91 Å². The number of nitrogens with zero attached hydrogens (tertiary/aromatic N) is 1. The molecule has 1 amide bonds. The van der Waals surface area contributed by atoms with Crippen LogP contribution in [0, 0.1) is 5.92 Å². The number of benzene rings is 1. The summed E-state index contributed by atoms with van der Waals surface area (Å²) < 4.78 is 0. The van der Waals surface area contributed by atoms with E-state index in [9.17, 15) is 14.7 Å². The predicted molar refractivity (Wildman–Crippen MR) is 78.7 cm³/mol. The van der Waals surface area contributed by atoms with Gasteiger partial charge in [0.15, 0.2) is 0 Å². The fourth-order valence-corrected chi connectivity index (χ4v) is 3.16. The maximum atomic E-state index is 12.0. The average Bonchev–Trinajstić information content (AvgIpc) is 2.59. The average molecular weight is 293 g/mol. The van der Waals surface area contributed by atoms with Crippen molar-refractivity contribution in [2.24, 2.45) is 5.92 Å². The predicted octanol–water partition coefficient (Wildman–Crippen LogP) is 2.79. The van der Waals surface area contributed by atoms with Crippen LogP contribution in [0.2, 0.25) is 0 Å². The minimum absolute atomic E-state index is 0.0210. The minimum atomic E-state index is -0.828. The Morgan fingerprint density at radius 1 is 1.35 bits per heavy atom. The molecule has 1 aromatic carbocycles.